The van der Waals surface area contributed by atoms with Gasteiger partial charge in [0.25, 0.3) is 0 Å². The van der Waals surface area contributed by atoms with E-state index in [4.69, 9.17) is 0 Å². The van der Waals surface area contributed by atoms with Crippen LogP contribution in [0.4, 0.5) is 0 Å². The summed E-state index contributed by atoms with van der Waals surface area (Å²) in [5, 5.41) is 0. The second kappa shape index (κ2) is 6.76. The Morgan fingerprint density at radius 2 is 0.812 bits per heavy atom. The van der Waals surface area contributed by atoms with Crippen molar-refractivity contribution in [1.29, 1.82) is 0 Å². The molecule has 8 saturated carbocycles. The summed E-state index contributed by atoms with van der Waals surface area (Å²) < 4.78 is 0. The fraction of sp³-hybridized carbons (Fsp3) is 0.750. The van der Waals surface area contributed by atoms with Crippen LogP contribution in [-0.2, 0) is 0 Å². The molecule has 0 N–H and O–H groups in total. The highest BCUT2D eigenvalue weighted by Crippen LogP contribution is 2.83. The maximum absolute atomic E-state index is 2.69. The lowest BCUT2D eigenvalue weighted by atomic mass is 9.27. The number of allylic oxidation sites excluding steroid dienone is 8. The van der Waals surface area contributed by atoms with Gasteiger partial charge in [0.05, 0.1) is 0 Å². The Bertz CT molecular complexity index is 802. The molecule has 0 heteroatoms. The van der Waals surface area contributed by atoms with Crippen LogP contribution in [0.25, 0.3) is 0 Å². The van der Waals surface area contributed by atoms with E-state index >= 15 is 0 Å². The van der Waals surface area contributed by atoms with Gasteiger partial charge in [-0.2, -0.15) is 0 Å². The van der Waals surface area contributed by atoms with Gasteiger partial charge >= 0.3 is 0 Å². The maximum atomic E-state index is 2.69. The third-order valence-electron chi connectivity index (χ3n) is 11.5. The second-order valence-electron chi connectivity index (χ2n) is 14.0. The van der Waals surface area contributed by atoms with Gasteiger partial charge in [0.15, 0.2) is 0 Å². The molecule has 8 aliphatic rings. The van der Waals surface area contributed by atoms with Crippen molar-refractivity contribution in [2.24, 2.45) is 44.3 Å². The molecular formula is C32H46. The first kappa shape index (κ1) is 21.5. The number of hydrogen-bond acceptors (Lipinski definition) is 0. The zero-order valence-corrected chi connectivity index (χ0v) is 21.3. The highest BCUT2D eigenvalue weighted by Gasteiger charge is 2.73. The summed E-state index contributed by atoms with van der Waals surface area (Å²) in [4.78, 5) is 0. The van der Waals surface area contributed by atoms with Crippen molar-refractivity contribution in [3.05, 3.63) is 48.6 Å². The van der Waals surface area contributed by atoms with E-state index in [0.717, 1.165) is 11.8 Å². The smallest absolute Gasteiger partial charge is 0.00963 e. The van der Waals surface area contributed by atoms with E-state index in [9.17, 15) is 0 Å². The summed E-state index contributed by atoms with van der Waals surface area (Å²) in [5.41, 5.74) is 2.89. The van der Waals surface area contributed by atoms with Crippen LogP contribution in [0, 0.1) is 44.3 Å². The normalized spacial score (nSPS) is 56.1. The molecule has 0 saturated heterocycles. The standard InChI is InChI=1S/C32H46/c1-5-9-27-14-25-13-26(15-27)17-31(16-25,21-27)32-22-28(10-6-2)18-29(23-32,11-7-3)20-30(19-28,24-32)12-8-4/h5-12,25-26H,13-24H2,1-4H3/b9-5-,10-6-,11-7-,12-8-. The summed E-state index contributed by atoms with van der Waals surface area (Å²) >= 11 is 0. The average Bonchev–Trinajstić information content (AvgIpc) is 2.65. The van der Waals surface area contributed by atoms with Crippen molar-refractivity contribution in [3.8, 4) is 0 Å². The van der Waals surface area contributed by atoms with Gasteiger partial charge in [-0.25, -0.2) is 0 Å². The molecule has 0 aliphatic heterocycles. The predicted octanol–water partition coefficient (Wildman–Crippen LogP) is 9.20. The lowest BCUT2D eigenvalue weighted by Crippen LogP contribution is -2.68. The molecule has 8 bridgehead atoms. The van der Waals surface area contributed by atoms with E-state index in [1.54, 1.807) is 12.8 Å². The fourth-order valence-electron chi connectivity index (χ4n) is 12.5. The topological polar surface area (TPSA) is 0 Å². The minimum Gasteiger partial charge on any atom is -0.0911 e. The molecule has 174 valence electrons. The Balaban J connectivity index is 1.53. The van der Waals surface area contributed by atoms with Crippen molar-refractivity contribution in [2.45, 2.75) is 105 Å². The average molecular weight is 431 g/mol. The first-order valence-electron chi connectivity index (χ1n) is 13.9. The predicted molar refractivity (Wildman–Crippen MR) is 136 cm³/mol. The molecule has 0 aromatic carbocycles. The van der Waals surface area contributed by atoms with Crippen LogP contribution < -0.4 is 0 Å². The molecule has 0 nitrogen and oxygen atoms in total. The van der Waals surface area contributed by atoms with E-state index < -0.39 is 0 Å². The highest BCUT2D eigenvalue weighted by molar-refractivity contribution is 5.32. The third-order valence-corrected chi connectivity index (χ3v) is 11.5. The molecule has 0 amide bonds. The molecule has 8 rings (SSSR count). The van der Waals surface area contributed by atoms with E-state index in [1.165, 1.54) is 64.2 Å². The van der Waals surface area contributed by atoms with Crippen molar-refractivity contribution < 1.29 is 0 Å². The van der Waals surface area contributed by atoms with Gasteiger partial charge in [-0.05, 0) is 149 Å². The lowest BCUT2D eigenvalue weighted by molar-refractivity contribution is -0.249. The minimum atomic E-state index is 0.416. The monoisotopic (exact) mass is 430 g/mol. The lowest BCUT2D eigenvalue weighted by Gasteiger charge is -2.77. The van der Waals surface area contributed by atoms with Crippen LogP contribution in [0.1, 0.15) is 105 Å². The van der Waals surface area contributed by atoms with Crippen LogP contribution in [0.3, 0.4) is 0 Å². The third kappa shape index (κ3) is 2.80. The quantitative estimate of drug-likeness (QED) is 0.381. The molecule has 0 heterocycles. The SMILES string of the molecule is C/C=C\C12CC3CC(C1)CC(C14CC5(/C=C\C)CC(/C=C\C)(CC(/C=C\C)(C5)C1)C4)(C3)C2. The zero-order chi connectivity index (χ0) is 22.3. The Morgan fingerprint density at radius 3 is 1.22 bits per heavy atom. The summed E-state index contributed by atoms with van der Waals surface area (Å²) in [6, 6.07) is 0. The van der Waals surface area contributed by atoms with Gasteiger partial charge in [0.1, 0.15) is 0 Å². The van der Waals surface area contributed by atoms with E-state index in [2.05, 4.69) is 76.3 Å². The van der Waals surface area contributed by atoms with Crippen LogP contribution in [0.5, 0.6) is 0 Å². The molecule has 0 aromatic rings. The molecule has 0 aromatic heterocycles. The Morgan fingerprint density at radius 1 is 0.438 bits per heavy atom. The molecule has 2 unspecified atom stereocenters. The highest BCUT2D eigenvalue weighted by atomic mass is 14.8. The Kier molecular flexibility index (Phi) is 4.54. The number of rotatable bonds is 5. The zero-order valence-electron chi connectivity index (χ0n) is 21.3. The van der Waals surface area contributed by atoms with Gasteiger partial charge in [0.2, 0.25) is 0 Å². The first-order chi connectivity index (χ1) is 15.3. The molecule has 2 atom stereocenters. The van der Waals surface area contributed by atoms with E-state index in [1.807, 2.05) is 0 Å². The van der Waals surface area contributed by atoms with Crippen LogP contribution >= 0.6 is 0 Å². The second-order valence-corrected chi connectivity index (χ2v) is 14.0. The molecule has 8 aliphatic carbocycles. The van der Waals surface area contributed by atoms with Gasteiger partial charge in [-0.15, -0.1) is 0 Å². The van der Waals surface area contributed by atoms with Gasteiger partial charge in [0, 0.05) is 0 Å². The van der Waals surface area contributed by atoms with Crippen LogP contribution in [0.2, 0.25) is 0 Å². The molecular weight excluding hydrogens is 384 g/mol. The van der Waals surface area contributed by atoms with Crippen LogP contribution in [-0.4, -0.2) is 0 Å². The first-order valence-corrected chi connectivity index (χ1v) is 13.9. The molecule has 8 fully saturated rings. The molecule has 0 spiro atoms. The van der Waals surface area contributed by atoms with E-state index in [0.29, 0.717) is 32.5 Å². The van der Waals surface area contributed by atoms with Crippen LogP contribution in [0.15, 0.2) is 48.6 Å². The van der Waals surface area contributed by atoms with E-state index in [-0.39, 0.29) is 0 Å². The Hall–Kier alpha value is -1.04. The van der Waals surface area contributed by atoms with Gasteiger partial charge in [-0.3, -0.25) is 0 Å². The minimum absolute atomic E-state index is 0.416. The molecule has 0 radical (unpaired) electrons. The van der Waals surface area contributed by atoms with Crippen molar-refractivity contribution in [3.63, 3.8) is 0 Å². The summed E-state index contributed by atoms with van der Waals surface area (Å²) in [6.45, 7) is 9.12. The maximum Gasteiger partial charge on any atom is -0.00963 e. The van der Waals surface area contributed by atoms with Gasteiger partial charge in [-0.1, -0.05) is 48.6 Å². The molecule has 32 heavy (non-hydrogen) atoms. The fourth-order valence-corrected chi connectivity index (χ4v) is 12.5. The van der Waals surface area contributed by atoms with Crippen molar-refractivity contribution in [2.75, 3.05) is 0 Å². The van der Waals surface area contributed by atoms with Crippen molar-refractivity contribution in [1.82, 2.24) is 0 Å². The number of hydrogen-bond donors (Lipinski definition) is 0. The summed E-state index contributed by atoms with van der Waals surface area (Å²) in [5.74, 6) is 1.99. The summed E-state index contributed by atoms with van der Waals surface area (Å²) in [7, 11) is 0. The summed E-state index contributed by atoms with van der Waals surface area (Å²) in [6.07, 6.45) is 38.2. The largest absolute Gasteiger partial charge is 0.0911 e. The Labute approximate surface area is 197 Å². The van der Waals surface area contributed by atoms with Crippen molar-refractivity contribution >= 4 is 0 Å². The van der Waals surface area contributed by atoms with Gasteiger partial charge < -0.3 is 0 Å².